The molecule has 1 heterocycles. The van der Waals surface area contributed by atoms with Crippen molar-refractivity contribution >= 4 is 34.5 Å². The summed E-state index contributed by atoms with van der Waals surface area (Å²) in [7, 11) is 0. The van der Waals surface area contributed by atoms with Gasteiger partial charge in [0.1, 0.15) is 10.7 Å². The number of rotatable bonds is 5. The van der Waals surface area contributed by atoms with E-state index in [2.05, 4.69) is 15.5 Å². The standard InChI is InChI=1S/C19H17N3O3S/c1-2-25-19(24)20-16(23)12-26-18-15-11-7-6-10-14(15)17(21-22-18)13-8-4-3-5-9-13/h3-11H,2,12H2,1H3,(H,20,23,24). The lowest BCUT2D eigenvalue weighted by atomic mass is 10.1. The van der Waals surface area contributed by atoms with Crippen molar-refractivity contribution in [2.75, 3.05) is 12.4 Å². The highest BCUT2D eigenvalue weighted by Crippen LogP contribution is 2.31. The van der Waals surface area contributed by atoms with Crippen molar-refractivity contribution in [1.29, 1.82) is 0 Å². The number of nitrogens with one attached hydrogen (secondary N) is 1. The minimum Gasteiger partial charge on any atom is -0.450 e. The maximum Gasteiger partial charge on any atom is 0.413 e. The van der Waals surface area contributed by atoms with Crippen LogP contribution in [0.3, 0.4) is 0 Å². The Morgan fingerprint density at radius 3 is 2.42 bits per heavy atom. The summed E-state index contributed by atoms with van der Waals surface area (Å²) in [5, 5.41) is 13.3. The van der Waals surface area contributed by atoms with Gasteiger partial charge in [-0.05, 0) is 6.92 Å². The molecule has 0 saturated carbocycles. The van der Waals surface area contributed by atoms with Crippen molar-refractivity contribution in [2.24, 2.45) is 0 Å². The van der Waals surface area contributed by atoms with Crippen molar-refractivity contribution in [3.8, 4) is 11.3 Å². The topological polar surface area (TPSA) is 81.2 Å². The van der Waals surface area contributed by atoms with Crippen molar-refractivity contribution in [3.05, 3.63) is 54.6 Å². The van der Waals surface area contributed by atoms with E-state index in [0.29, 0.717) is 5.03 Å². The van der Waals surface area contributed by atoms with Crippen LogP contribution in [-0.4, -0.2) is 34.6 Å². The monoisotopic (exact) mass is 367 g/mol. The molecule has 0 bridgehead atoms. The van der Waals surface area contributed by atoms with E-state index in [-0.39, 0.29) is 12.4 Å². The third-order valence-electron chi connectivity index (χ3n) is 3.56. The Balaban J connectivity index is 1.82. The molecule has 7 heteroatoms. The number of thioether (sulfide) groups is 1. The Morgan fingerprint density at radius 2 is 1.69 bits per heavy atom. The average Bonchev–Trinajstić information content (AvgIpc) is 2.67. The number of imide groups is 1. The third kappa shape index (κ3) is 4.18. The fourth-order valence-electron chi connectivity index (χ4n) is 2.45. The van der Waals surface area contributed by atoms with E-state index in [1.807, 2.05) is 54.6 Å². The van der Waals surface area contributed by atoms with Crippen molar-refractivity contribution in [2.45, 2.75) is 11.9 Å². The first-order chi connectivity index (χ1) is 12.7. The molecule has 0 unspecified atom stereocenters. The molecule has 2 amide bonds. The van der Waals surface area contributed by atoms with Gasteiger partial charge in [0.25, 0.3) is 0 Å². The minimum absolute atomic E-state index is 0.0438. The fourth-order valence-corrected chi connectivity index (χ4v) is 3.22. The first kappa shape index (κ1) is 17.9. The van der Waals surface area contributed by atoms with Gasteiger partial charge in [0, 0.05) is 16.3 Å². The highest BCUT2D eigenvalue weighted by atomic mass is 32.2. The summed E-state index contributed by atoms with van der Waals surface area (Å²) in [6.45, 7) is 1.89. The van der Waals surface area contributed by atoms with Crippen molar-refractivity contribution in [1.82, 2.24) is 15.5 Å². The Bertz CT molecular complexity index is 932. The minimum atomic E-state index is -0.742. The fraction of sp³-hybridized carbons (Fsp3) is 0.158. The number of fused-ring (bicyclic) bond motifs is 1. The lowest BCUT2D eigenvalue weighted by molar-refractivity contribution is -0.117. The number of carbonyl (C=O) groups is 2. The Kier molecular flexibility index (Phi) is 5.80. The van der Waals surface area contributed by atoms with Gasteiger partial charge < -0.3 is 4.74 Å². The molecular weight excluding hydrogens is 350 g/mol. The van der Waals surface area contributed by atoms with Crippen LogP contribution >= 0.6 is 11.8 Å². The van der Waals surface area contributed by atoms with E-state index < -0.39 is 12.0 Å². The summed E-state index contributed by atoms with van der Waals surface area (Å²) in [6, 6.07) is 17.6. The number of hydrogen-bond donors (Lipinski definition) is 1. The van der Waals surface area contributed by atoms with E-state index in [1.54, 1.807) is 6.92 Å². The van der Waals surface area contributed by atoms with Crippen molar-refractivity contribution < 1.29 is 14.3 Å². The zero-order chi connectivity index (χ0) is 18.4. The summed E-state index contributed by atoms with van der Waals surface area (Å²) in [5.74, 6) is -0.395. The molecule has 6 nitrogen and oxygen atoms in total. The van der Waals surface area contributed by atoms with Gasteiger partial charge in [-0.25, -0.2) is 4.79 Å². The van der Waals surface area contributed by atoms with Gasteiger partial charge in [0.15, 0.2) is 0 Å². The maximum atomic E-state index is 11.8. The van der Waals surface area contributed by atoms with E-state index in [9.17, 15) is 9.59 Å². The molecule has 0 aliphatic rings. The van der Waals surface area contributed by atoms with Gasteiger partial charge in [-0.15, -0.1) is 10.2 Å². The maximum absolute atomic E-state index is 11.8. The number of ether oxygens (including phenoxy) is 1. The molecule has 3 aromatic rings. The van der Waals surface area contributed by atoms with Crippen LogP contribution in [0.4, 0.5) is 4.79 Å². The Morgan fingerprint density at radius 1 is 1.00 bits per heavy atom. The molecule has 3 rings (SSSR count). The van der Waals surface area contributed by atoms with Crippen LogP contribution in [-0.2, 0) is 9.53 Å². The molecule has 2 aromatic carbocycles. The summed E-state index contributed by atoms with van der Waals surface area (Å²) < 4.78 is 4.69. The number of nitrogens with zero attached hydrogens (tertiary/aromatic N) is 2. The zero-order valence-corrected chi connectivity index (χ0v) is 15.0. The highest BCUT2D eigenvalue weighted by molar-refractivity contribution is 8.00. The molecule has 0 spiro atoms. The molecule has 1 aromatic heterocycles. The van der Waals surface area contributed by atoms with Gasteiger partial charge in [0.05, 0.1) is 12.4 Å². The second kappa shape index (κ2) is 8.44. The van der Waals surface area contributed by atoms with Crippen LogP contribution in [0.1, 0.15) is 6.92 Å². The van der Waals surface area contributed by atoms with Crippen LogP contribution in [0.15, 0.2) is 59.6 Å². The first-order valence-corrected chi connectivity index (χ1v) is 9.08. The first-order valence-electron chi connectivity index (χ1n) is 8.09. The van der Waals surface area contributed by atoms with Crippen LogP contribution in [0.25, 0.3) is 22.0 Å². The molecule has 0 atom stereocenters. The highest BCUT2D eigenvalue weighted by Gasteiger charge is 2.14. The van der Waals surface area contributed by atoms with Crippen LogP contribution in [0, 0.1) is 0 Å². The zero-order valence-electron chi connectivity index (χ0n) is 14.1. The summed E-state index contributed by atoms with van der Waals surface area (Å²) >= 11 is 1.23. The van der Waals surface area contributed by atoms with Gasteiger partial charge in [-0.2, -0.15) is 0 Å². The SMILES string of the molecule is CCOC(=O)NC(=O)CSc1nnc(-c2ccccc2)c2ccccc12. The largest absolute Gasteiger partial charge is 0.450 e. The number of hydrogen-bond acceptors (Lipinski definition) is 6. The van der Waals surface area contributed by atoms with Gasteiger partial charge >= 0.3 is 6.09 Å². The summed E-state index contributed by atoms with van der Waals surface area (Å²) in [6.07, 6.45) is -0.742. The average molecular weight is 367 g/mol. The molecule has 0 saturated heterocycles. The number of carbonyl (C=O) groups excluding carboxylic acids is 2. The molecule has 0 fully saturated rings. The van der Waals surface area contributed by atoms with Crippen LogP contribution in [0.2, 0.25) is 0 Å². The number of amides is 2. The number of aromatic nitrogens is 2. The number of alkyl carbamates (subject to hydrolysis) is 1. The van der Waals surface area contributed by atoms with Crippen LogP contribution in [0.5, 0.6) is 0 Å². The summed E-state index contributed by atoms with van der Waals surface area (Å²) in [4.78, 5) is 23.1. The van der Waals surface area contributed by atoms with Crippen molar-refractivity contribution in [3.63, 3.8) is 0 Å². The van der Waals surface area contributed by atoms with E-state index in [4.69, 9.17) is 4.74 Å². The molecule has 0 radical (unpaired) electrons. The van der Waals surface area contributed by atoms with Gasteiger partial charge in [-0.1, -0.05) is 66.4 Å². The molecule has 1 N–H and O–H groups in total. The van der Waals surface area contributed by atoms with Gasteiger partial charge in [0.2, 0.25) is 5.91 Å². The van der Waals surface area contributed by atoms with Crippen LogP contribution < -0.4 is 5.32 Å². The second-order valence-corrected chi connectivity index (χ2v) is 6.29. The molecule has 26 heavy (non-hydrogen) atoms. The molecular formula is C19H17N3O3S. The third-order valence-corrected chi connectivity index (χ3v) is 4.54. The lowest BCUT2D eigenvalue weighted by Crippen LogP contribution is -2.32. The molecule has 132 valence electrons. The quantitative estimate of drug-likeness (QED) is 0.693. The predicted molar refractivity (Wildman–Crippen MR) is 101 cm³/mol. The normalized spacial score (nSPS) is 10.5. The van der Waals surface area contributed by atoms with E-state index >= 15 is 0 Å². The second-order valence-electron chi connectivity index (χ2n) is 5.32. The Labute approximate surface area is 155 Å². The predicted octanol–water partition coefficient (Wildman–Crippen LogP) is 3.66. The van der Waals surface area contributed by atoms with E-state index in [0.717, 1.165) is 22.0 Å². The number of benzene rings is 2. The Hall–Kier alpha value is -2.93. The molecule has 0 aliphatic heterocycles. The van der Waals surface area contributed by atoms with E-state index in [1.165, 1.54) is 11.8 Å². The lowest BCUT2D eigenvalue weighted by Gasteiger charge is -2.09. The summed E-state index contributed by atoms with van der Waals surface area (Å²) in [5.41, 5.74) is 1.77. The smallest absolute Gasteiger partial charge is 0.413 e. The molecule has 0 aliphatic carbocycles. The van der Waals surface area contributed by atoms with Gasteiger partial charge in [-0.3, -0.25) is 10.1 Å².